The second-order valence-corrected chi connectivity index (χ2v) is 7.96. The molecule has 1 saturated heterocycles. The van der Waals surface area contributed by atoms with Crippen molar-refractivity contribution in [3.63, 3.8) is 0 Å². The van der Waals surface area contributed by atoms with Crippen LogP contribution in [0.3, 0.4) is 0 Å². The van der Waals surface area contributed by atoms with Crippen LogP contribution in [0.1, 0.15) is 27.0 Å². The van der Waals surface area contributed by atoms with E-state index in [0.717, 1.165) is 35.0 Å². The predicted molar refractivity (Wildman–Crippen MR) is 122 cm³/mol. The van der Waals surface area contributed by atoms with Crippen molar-refractivity contribution in [2.24, 2.45) is 0 Å². The lowest BCUT2D eigenvalue weighted by molar-refractivity contribution is -0.127. The monoisotopic (exact) mass is 433 g/mol. The van der Waals surface area contributed by atoms with E-state index in [-0.39, 0.29) is 18.4 Å². The average Bonchev–Trinajstić information content (AvgIpc) is 3.32. The van der Waals surface area contributed by atoms with Crippen LogP contribution in [-0.4, -0.2) is 54.4 Å². The Morgan fingerprint density at radius 2 is 1.94 bits per heavy atom. The SMILES string of the molecule is CNCCc1c[nH]c2ccc(CC3NC(=O)N(Cc4cccc(C(=O)NC)c4)C3=O)cc12. The molecule has 1 aliphatic heterocycles. The van der Waals surface area contributed by atoms with E-state index in [1.165, 1.54) is 10.5 Å². The lowest BCUT2D eigenvalue weighted by Gasteiger charge is -2.14. The molecule has 2 aromatic carbocycles. The summed E-state index contributed by atoms with van der Waals surface area (Å²) in [4.78, 5) is 41.8. The van der Waals surface area contributed by atoms with Gasteiger partial charge in [-0.15, -0.1) is 0 Å². The first-order chi connectivity index (χ1) is 15.5. The summed E-state index contributed by atoms with van der Waals surface area (Å²) in [7, 11) is 3.49. The van der Waals surface area contributed by atoms with E-state index in [2.05, 4.69) is 27.0 Å². The minimum atomic E-state index is -0.609. The van der Waals surface area contributed by atoms with E-state index in [9.17, 15) is 14.4 Å². The highest BCUT2D eigenvalue weighted by atomic mass is 16.2. The minimum absolute atomic E-state index is 0.122. The molecular formula is C24H27N5O3. The fraction of sp³-hybridized carbons (Fsp3) is 0.292. The van der Waals surface area contributed by atoms with Gasteiger partial charge in [0.1, 0.15) is 6.04 Å². The van der Waals surface area contributed by atoms with E-state index in [1.54, 1.807) is 31.3 Å². The van der Waals surface area contributed by atoms with E-state index in [4.69, 9.17) is 0 Å². The zero-order valence-corrected chi connectivity index (χ0v) is 18.2. The largest absolute Gasteiger partial charge is 0.361 e. The van der Waals surface area contributed by atoms with Gasteiger partial charge in [-0.3, -0.25) is 14.5 Å². The van der Waals surface area contributed by atoms with E-state index < -0.39 is 12.1 Å². The first-order valence-corrected chi connectivity index (χ1v) is 10.7. The highest BCUT2D eigenvalue weighted by Crippen LogP contribution is 2.22. The van der Waals surface area contributed by atoms with Gasteiger partial charge in [0.2, 0.25) is 0 Å². The van der Waals surface area contributed by atoms with Crippen molar-refractivity contribution in [3.8, 4) is 0 Å². The van der Waals surface area contributed by atoms with Crippen molar-refractivity contribution < 1.29 is 14.4 Å². The maximum absolute atomic E-state index is 13.0. The van der Waals surface area contributed by atoms with Gasteiger partial charge >= 0.3 is 6.03 Å². The molecule has 1 unspecified atom stereocenters. The molecule has 0 radical (unpaired) electrons. The smallest absolute Gasteiger partial charge is 0.325 e. The fourth-order valence-electron chi connectivity index (χ4n) is 4.06. The number of nitrogens with zero attached hydrogens (tertiary/aromatic N) is 1. The quantitative estimate of drug-likeness (QED) is 0.408. The molecule has 4 rings (SSSR count). The molecule has 0 bridgehead atoms. The number of hydrogen-bond donors (Lipinski definition) is 4. The normalized spacial score (nSPS) is 15.9. The number of nitrogens with one attached hydrogen (secondary N) is 4. The fourth-order valence-corrected chi connectivity index (χ4v) is 4.06. The third-order valence-corrected chi connectivity index (χ3v) is 5.78. The number of imide groups is 1. The Bertz CT molecular complexity index is 1170. The number of rotatable bonds is 8. The molecule has 8 heteroatoms. The van der Waals surface area contributed by atoms with Crippen LogP contribution >= 0.6 is 0 Å². The highest BCUT2D eigenvalue weighted by Gasteiger charge is 2.37. The number of benzene rings is 2. The Kier molecular flexibility index (Phi) is 6.23. The van der Waals surface area contributed by atoms with Crippen molar-refractivity contribution in [1.29, 1.82) is 0 Å². The second kappa shape index (κ2) is 9.23. The van der Waals surface area contributed by atoms with E-state index >= 15 is 0 Å². The molecule has 0 spiro atoms. The predicted octanol–water partition coefficient (Wildman–Crippen LogP) is 1.95. The lowest BCUT2D eigenvalue weighted by atomic mass is 10.0. The van der Waals surface area contributed by atoms with Crippen LogP contribution in [0.25, 0.3) is 10.9 Å². The summed E-state index contributed by atoms with van der Waals surface area (Å²) in [6.07, 6.45) is 3.34. The van der Waals surface area contributed by atoms with Crippen LogP contribution in [-0.2, 0) is 24.2 Å². The highest BCUT2D eigenvalue weighted by molar-refractivity contribution is 6.04. The Morgan fingerprint density at radius 1 is 1.09 bits per heavy atom. The van der Waals surface area contributed by atoms with Crippen LogP contribution < -0.4 is 16.0 Å². The van der Waals surface area contributed by atoms with Gasteiger partial charge < -0.3 is 20.9 Å². The zero-order valence-electron chi connectivity index (χ0n) is 18.2. The molecule has 4 N–H and O–H groups in total. The van der Waals surface area contributed by atoms with Crippen molar-refractivity contribution in [3.05, 3.63) is 70.9 Å². The number of urea groups is 1. The Labute approximate surface area is 186 Å². The Hall–Kier alpha value is -3.65. The summed E-state index contributed by atoms with van der Waals surface area (Å²) >= 11 is 0. The van der Waals surface area contributed by atoms with Crippen LogP contribution in [0.5, 0.6) is 0 Å². The van der Waals surface area contributed by atoms with Crippen LogP contribution in [0.15, 0.2) is 48.7 Å². The molecule has 3 aromatic rings. The summed E-state index contributed by atoms with van der Waals surface area (Å²) in [6, 6.07) is 12.0. The van der Waals surface area contributed by atoms with E-state index in [0.29, 0.717) is 12.0 Å². The molecule has 1 atom stereocenters. The number of hydrogen-bond acceptors (Lipinski definition) is 4. The standard InChI is InChI=1S/C24H27N5O3/c1-25-9-8-18-13-27-20-7-6-15(11-19(18)20)12-21-23(31)29(24(32)28-21)14-16-4-3-5-17(10-16)22(30)26-2/h3-7,10-11,13,21,25,27H,8-9,12,14H2,1-2H3,(H,26,30)(H,28,32). The van der Waals surface area contributed by atoms with E-state index in [1.807, 2.05) is 25.4 Å². The van der Waals surface area contributed by atoms with Crippen LogP contribution in [0, 0.1) is 0 Å². The minimum Gasteiger partial charge on any atom is -0.361 e. The number of carbonyl (C=O) groups is 3. The third kappa shape index (κ3) is 4.36. The summed E-state index contributed by atoms with van der Waals surface area (Å²) in [5, 5.41) is 9.67. The third-order valence-electron chi connectivity index (χ3n) is 5.78. The molecule has 32 heavy (non-hydrogen) atoms. The zero-order chi connectivity index (χ0) is 22.7. The van der Waals surface area contributed by atoms with Gasteiger partial charge in [-0.2, -0.15) is 0 Å². The first kappa shape index (κ1) is 21.6. The molecule has 166 valence electrons. The van der Waals surface area contributed by atoms with Gasteiger partial charge in [-0.25, -0.2) is 4.79 Å². The van der Waals surface area contributed by atoms with Gasteiger partial charge in [0.15, 0.2) is 0 Å². The number of likely N-dealkylation sites (N-methyl/N-ethyl adjacent to an activating group) is 1. The van der Waals surface area contributed by atoms with Crippen molar-refractivity contribution in [1.82, 2.24) is 25.8 Å². The Balaban J connectivity index is 1.48. The number of fused-ring (bicyclic) bond motifs is 1. The molecule has 8 nitrogen and oxygen atoms in total. The number of aromatic amines is 1. The number of H-pyrrole nitrogens is 1. The van der Waals surface area contributed by atoms with Gasteiger partial charge in [0.25, 0.3) is 11.8 Å². The number of carbonyl (C=O) groups excluding carboxylic acids is 3. The van der Waals surface area contributed by atoms with Gasteiger partial charge in [-0.05, 0) is 61.0 Å². The molecule has 0 aliphatic carbocycles. The van der Waals surface area contributed by atoms with Gasteiger partial charge in [0.05, 0.1) is 6.54 Å². The molecule has 1 fully saturated rings. The summed E-state index contributed by atoms with van der Waals surface area (Å²) < 4.78 is 0. The summed E-state index contributed by atoms with van der Waals surface area (Å²) in [6.45, 7) is 1.00. The number of aromatic nitrogens is 1. The van der Waals surface area contributed by atoms with Crippen LogP contribution in [0.2, 0.25) is 0 Å². The molecule has 1 aromatic heterocycles. The lowest BCUT2D eigenvalue weighted by Crippen LogP contribution is -2.32. The molecule has 4 amide bonds. The topological polar surface area (TPSA) is 106 Å². The molecule has 0 saturated carbocycles. The van der Waals surface area contributed by atoms with Crippen molar-refractivity contribution >= 4 is 28.7 Å². The summed E-state index contributed by atoms with van der Waals surface area (Å²) in [5.41, 5.74) is 4.47. The molecule has 1 aliphatic rings. The van der Waals surface area contributed by atoms with Crippen molar-refractivity contribution in [2.75, 3.05) is 20.6 Å². The molecular weight excluding hydrogens is 406 g/mol. The van der Waals surface area contributed by atoms with Crippen LogP contribution in [0.4, 0.5) is 4.79 Å². The van der Waals surface area contributed by atoms with Gasteiger partial charge in [-0.1, -0.05) is 18.2 Å². The van der Waals surface area contributed by atoms with Gasteiger partial charge in [0, 0.05) is 36.1 Å². The Morgan fingerprint density at radius 3 is 2.72 bits per heavy atom. The van der Waals surface area contributed by atoms with Crippen molar-refractivity contribution in [2.45, 2.75) is 25.4 Å². The first-order valence-electron chi connectivity index (χ1n) is 10.7. The summed E-state index contributed by atoms with van der Waals surface area (Å²) in [5.74, 6) is -0.471. The maximum Gasteiger partial charge on any atom is 0.325 e. The average molecular weight is 434 g/mol. The number of amides is 4. The maximum atomic E-state index is 13.0. The molecule has 2 heterocycles. The second-order valence-electron chi connectivity index (χ2n) is 7.96.